The second-order valence-electron chi connectivity index (χ2n) is 3.62. The number of thioether (sulfide) groups is 2. The molecule has 0 aliphatic heterocycles. The molecule has 0 heterocycles. The van der Waals surface area contributed by atoms with E-state index in [0.717, 1.165) is 17.1 Å². The highest BCUT2D eigenvalue weighted by Gasteiger charge is 2.38. The number of hydrogen-bond acceptors (Lipinski definition) is 4. The van der Waals surface area contributed by atoms with Crippen LogP contribution in [0.5, 0.6) is 0 Å². The minimum Gasteiger partial charge on any atom is -0.264 e. The summed E-state index contributed by atoms with van der Waals surface area (Å²) in [5, 5.41) is 11.6. The second-order valence-corrected chi connectivity index (χ2v) is 7.44. The molecule has 0 radical (unpaired) electrons. The molecule has 0 aliphatic rings. The summed E-state index contributed by atoms with van der Waals surface area (Å²) in [7, 11) is 0. The van der Waals surface area contributed by atoms with Gasteiger partial charge < -0.3 is 0 Å². The van der Waals surface area contributed by atoms with Crippen molar-refractivity contribution in [1.29, 1.82) is 0 Å². The number of nitro groups is 1. The molecular formula is C12H16ClNO2S2. The van der Waals surface area contributed by atoms with Crippen LogP contribution in [0.15, 0.2) is 24.3 Å². The molecule has 0 atom stereocenters. The Morgan fingerprint density at radius 2 is 1.94 bits per heavy atom. The Labute approximate surface area is 121 Å². The van der Waals surface area contributed by atoms with Gasteiger partial charge in [-0.25, -0.2) is 0 Å². The molecule has 0 amide bonds. The normalized spacial score (nSPS) is 11.5. The lowest BCUT2D eigenvalue weighted by atomic mass is 10.1. The van der Waals surface area contributed by atoms with Gasteiger partial charge in [0, 0.05) is 9.95 Å². The van der Waals surface area contributed by atoms with E-state index in [1.54, 1.807) is 29.6 Å². The molecular weight excluding hydrogens is 290 g/mol. The molecule has 0 bridgehead atoms. The molecule has 0 aliphatic carbocycles. The van der Waals surface area contributed by atoms with Crippen molar-refractivity contribution in [1.82, 2.24) is 0 Å². The van der Waals surface area contributed by atoms with Crippen molar-refractivity contribution >= 4 is 35.1 Å². The van der Waals surface area contributed by atoms with Gasteiger partial charge in [0.05, 0.1) is 0 Å². The van der Waals surface area contributed by atoms with Gasteiger partial charge in [-0.3, -0.25) is 10.1 Å². The third-order valence-corrected chi connectivity index (χ3v) is 5.54. The van der Waals surface area contributed by atoms with Crippen LogP contribution in [-0.4, -0.2) is 23.0 Å². The Balaban J connectivity index is 3.18. The van der Waals surface area contributed by atoms with E-state index in [-0.39, 0.29) is 11.5 Å². The van der Waals surface area contributed by atoms with Crippen molar-refractivity contribution in [3.8, 4) is 0 Å². The van der Waals surface area contributed by atoms with Gasteiger partial charge in [-0.15, -0.1) is 23.5 Å². The maximum Gasteiger partial charge on any atom is 0.231 e. The molecule has 3 nitrogen and oxygen atoms in total. The number of hydrogen-bond donors (Lipinski definition) is 0. The molecule has 0 N–H and O–H groups in total. The Kier molecular flexibility index (Phi) is 6.32. The Morgan fingerprint density at radius 1 is 1.33 bits per heavy atom. The van der Waals surface area contributed by atoms with E-state index in [4.69, 9.17) is 11.6 Å². The Bertz CT molecular complexity index is 409. The van der Waals surface area contributed by atoms with E-state index in [0.29, 0.717) is 5.02 Å². The molecule has 18 heavy (non-hydrogen) atoms. The van der Waals surface area contributed by atoms with Crippen molar-refractivity contribution in [2.24, 2.45) is 0 Å². The molecule has 0 saturated heterocycles. The van der Waals surface area contributed by atoms with Crippen LogP contribution < -0.4 is 0 Å². The number of nitrogens with zero attached hydrogens (tertiary/aromatic N) is 1. The van der Waals surface area contributed by atoms with E-state index in [1.807, 2.05) is 32.0 Å². The second kappa shape index (κ2) is 7.26. The summed E-state index contributed by atoms with van der Waals surface area (Å²) in [5.41, 5.74) is 0.922. The lowest BCUT2D eigenvalue weighted by Crippen LogP contribution is -2.28. The van der Waals surface area contributed by atoms with Crippen molar-refractivity contribution < 1.29 is 4.92 Å². The number of rotatable bonds is 7. The van der Waals surface area contributed by atoms with Crippen molar-refractivity contribution in [2.75, 3.05) is 18.1 Å². The molecule has 0 unspecified atom stereocenters. The Morgan fingerprint density at radius 3 is 2.39 bits per heavy atom. The monoisotopic (exact) mass is 305 g/mol. The maximum atomic E-state index is 11.0. The van der Waals surface area contributed by atoms with E-state index >= 15 is 0 Å². The summed E-state index contributed by atoms with van der Waals surface area (Å²) in [6.45, 7) is 3.94. The van der Waals surface area contributed by atoms with Crippen LogP contribution in [0.4, 0.5) is 0 Å². The summed E-state index contributed by atoms with van der Waals surface area (Å²) < 4.78 is -0.544. The third-order valence-electron chi connectivity index (χ3n) is 2.36. The van der Waals surface area contributed by atoms with Gasteiger partial charge in [-0.1, -0.05) is 37.6 Å². The van der Waals surface area contributed by atoms with E-state index < -0.39 is 4.08 Å². The fourth-order valence-corrected chi connectivity index (χ4v) is 4.90. The SMILES string of the molecule is CCSC(C[N+](=O)[O-])(SCC)c1cccc(Cl)c1. The zero-order chi connectivity index (χ0) is 13.6. The minimum absolute atomic E-state index is 0.0929. The van der Waals surface area contributed by atoms with Gasteiger partial charge in [0.2, 0.25) is 6.54 Å². The van der Waals surface area contributed by atoms with Crippen LogP contribution in [0.25, 0.3) is 0 Å². The highest BCUT2D eigenvalue weighted by atomic mass is 35.5. The molecule has 0 fully saturated rings. The fraction of sp³-hybridized carbons (Fsp3) is 0.500. The van der Waals surface area contributed by atoms with Gasteiger partial charge >= 0.3 is 0 Å². The number of benzene rings is 1. The standard InChI is InChI=1S/C12H16ClNO2S2/c1-3-17-12(18-4-2,9-14(15)16)10-6-5-7-11(13)8-10/h5-8H,3-4,9H2,1-2H3. The summed E-state index contributed by atoms with van der Waals surface area (Å²) in [5.74, 6) is 1.65. The molecule has 0 aromatic heterocycles. The first kappa shape index (κ1) is 15.7. The lowest BCUT2D eigenvalue weighted by molar-refractivity contribution is -0.481. The van der Waals surface area contributed by atoms with Crippen molar-refractivity contribution in [3.63, 3.8) is 0 Å². The highest BCUT2D eigenvalue weighted by Crippen LogP contribution is 2.47. The quantitative estimate of drug-likeness (QED) is 0.428. The van der Waals surface area contributed by atoms with E-state index in [2.05, 4.69) is 0 Å². The van der Waals surface area contributed by atoms with Gasteiger partial charge in [-0.05, 0) is 29.2 Å². The summed E-state index contributed by atoms with van der Waals surface area (Å²) >= 11 is 9.20. The third kappa shape index (κ3) is 4.07. The Hall–Kier alpha value is -0.390. The fourth-order valence-electron chi connectivity index (χ4n) is 1.75. The number of halogens is 1. The molecule has 100 valence electrons. The van der Waals surface area contributed by atoms with Crippen LogP contribution in [0, 0.1) is 10.1 Å². The predicted octanol–water partition coefficient (Wildman–Crippen LogP) is 4.28. The van der Waals surface area contributed by atoms with Crippen molar-refractivity contribution in [3.05, 3.63) is 45.0 Å². The molecule has 0 spiro atoms. The van der Waals surface area contributed by atoms with E-state index in [9.17, 15) is 10.1 Å². The molecule has 6 heteroatoms. The van der Waals surface area contributed by atoms with Gasteiger partial charge in [0.25, 0.3) is 0 Å². The minimum atomic E-state index is -0.544. The van der Waals surface area contributed by atoms with Crippen LogP contribution in [0.3, 0.4) is 0 Å². The largest absolute Gasteiger partial charge is 0.264 e. The zero-order valence-electron chi connectivity index (χ0n) is 10.4. The van der Waals surface area contributed by atoms with Gasteiger partial charge in [0.1, 0.15) is 0 Å². The summed E-state index contributed by atoms with van der Waals surface area (Å²) in [6, 6.07) is 7.38. The predicted molar refractivity (Wildman–Crippen MR) is 81.3 cm³/mol. The molecule has 1 aromatic carbocycles. The first-order valence-corrected chi connectivity index (χ1v) is 8.04. The van der Waals surface area contributed by atoms with Crippen molar-refractivity contribution in [2.45, 2.75) is 17.9 Å². The van der Waals surface area contributed by atoms with E-state index in [1.165, 1.54) is 0 Å². The lowest BCUT2D eigenvalue weighted by Gasteiger charge is -2.28. The molecule has 0 saturated carbocycles. The van der Waals surface area contributed by atoms with Crippen LogP contribution >= 0.6 is 35.1 Å². The van der Waals surface area contributed by atoms with Gasteiger partial charge in [0.15, 0.2) is 4.08 Å². The molecule has 1 aromatic rings. The summed E-state index contributed by atoms with van der Waals surface area (Å²) in [6.07, 6.45) is 0. The first-order valence-electron chi connectivity index (χ1n) is 5.70. The smallest absolute Gasteiger partial charge is 0.231 e. The van der Waals surface area contributed by atoms with Gasteiger partial charge in [-0.2, -0.15) is 0 Å². The van der Waals surface area contributed by atoms with Crippen LogP contribution in [0.1, 0.15) is 19.4 Å². The first-order chi connectivity index (χ1) is 8.54. The molecule has 1 rings (SSSR count). The highest BCUT2D eigenvalue weighted by molar-refractivity contribution is 8.17. The average Bonchev–Trinajstić information content (AvgIpc) is 2.28. The summed E-state index contributed by atoms with van der Waals surface area (Å²) in [4.78, 5) is 10.7. The average molecular weight is 306 g/mol. The zero-order valence-corrected chi connectivity index (χ0v) is 12.8. The van der Waals surface area contributed by atoms with Crippen LogP contribution in [0.2, 0.25) is 5.02 Å². The van der Waals surface area contributed by atoms with Crippen LogP contribution in [-0.2, 0) is 4.08 Å². The maximum absolute atomic E-state index is 11.0. The topological polar surface area (TPSA) is 43.1 Å².